The van der Waals surface area contributed by atoms with Gasteiger partial charge < -0.3 is 5.32 Å². The highest BCUT2D eigenvalue weighted by Crippen LogP contribution is 2.29. The Kier molecular flexibility index (Phi) is 5.12. The minimum absolute atomic E-state index is 0.0806. The molecule has 0 amide bonds. The van der Waals surface area contributed by atoms with Crippen molar-refractivity contribution in [2.75, 3.05) is 6.54 Å². The van der Waals surface area contributed by atoms with Gasteiger partial charge in [-0.1, -0.05) is 59.9 Å². The summed E-state index contributed by atoms with van der Waals surface area (Å²) in [4.78, 5) is 0. The van der Waals surface area contributed by atoms with Crippen LogP contribution in [0.1, 0.15) is 24.1 Å². The SMILES string of the molecule is CCNC(c1ccc(Cl)cc1)c1ccc(Cl)c(Cl)c1. The van der Waals surface area contributed by atoms with Gasteiger partial charge in [0.2, 0.25) is 0 Å². The molecular weight excluding hydrogens is 301 g/mol. The molecule has 0 spiro atoms. The maximum atomic E-state index is 6.09. The van der Waals surface area contributed by atoms with E-state index < -0.39 is 0 Å². The number of hydrogen-bond donors (Lipinski definition) is 1. The Morgan fingerprint density at radius 3 is 2.11 bits per heavy atom. The van der Waals surface area contributed by atoms with Crippen molar-refractivity contribution in [3.63, 3.8) is 0 Å². The molecule has 2 aromatic rings. The first-order valence-electron chi connectivity index (χ1n) is 6.05. The summed E-state index contributed by atoms with van der Waals surface area (Å²) in [6.07, 6.45) is 0. The Labute approximate surface area is 128 Å². The molecule has 4 heteroatoms. The second-order valence-electron chi connectivity index (χ2n) is 4.22. The molecule has 0 fully saturated rings. The predicted octanol–water partition coefficient (Wildman–Crippen LogP) is 5.35. The fourth-order valence-corrected chi connectivity index (χ4v) is 2.41. The molecule has 0 radical (unpaired) electrons. The highest BCUT2D eigenvalue weighted by molar-refractivity contribution is 6.42. The number of nitrogens with one attached hydrogen (secondary N) is 1. The zero-order valence-electron chi connectivity index (χ0n) is 10.5. The van der Waals surface area contributed by atoms with Crippen molar-refractivity contribution in [1.82, 2.24) is 5.32 Å². The highest BCUT2D eigenvalue weighted by atomic mass is 35.5. The van der Waals surface area contributed by atoms with Crippen molar-refractivity contribution in [2.45, 2.75) is 13.0 Å². The smallest absolute Gasteiger partial charge is 0.0595 e. The average Bonchev–Trinajstić information content (AvgIpc) is 2.41. The molecule has 1 nitrogen and oxygen atoms in total. The molecule has 0 saturated carbocycles. The van der Waals surface area contributed by atoms with Crippen LogP contribution in [0.5, 0.6) is 0 Å². The van der Waals surface area contributed by atoms with Gasteiger partial charge in [-0.25, -0.2) is 0 Å². The summed E-state index contributed by atoms with van der Waals surface area (Å²) >= 11 is 18.0. The maximum Gasteiger partial charge on any atom is 0.0595 e. The van der Waals surface area contributed by atoms with Crippen LogP contribution < -0.4 is 5.32 Å². The van der Waals surface area contributed by atoms with Crippen molar-refractivity contribution in [3.8, 4) is 0 Å². The molecule has 1 unspecified atom stereocenters. The van der Waals surface area contributed by atoms with E-state index in [4.69, 9.17) is 34.8 Å². The lowest BCUT2D eigenvalue weighted by Gasteiger charge is -2.19. The second-order valence-corrected chi connectivity index (χ2v) is 5.47. The van der Waals surface area contributed by atoms with Gasteiger partial charge in [0.25, 0.3) is 0 Å². The molecule has 1 N–H and O–H groups in total. The van der Waals surface area contributed by atoms with Crippen molar-refractivity contribution < 1.29 is 0 Å². The first-order chi connectivity index (χ1) is 9.11. The summed E-state index contributed by atoms with van der Waals surface area (Å²) in [5, 5.41) is 5.30. The van der Waals surface area contributed by atoms with Crippen molar-refractivity contribution >= 4 is 34.8 Å². The number of benzene rings is 2. The minimum atomic E-state index is 0.0806. The Balaban J connectivity index is 2.38. The molecule has 0 aromatic heterocycles. The second kappa shape index (κ2) is 6.62. The monoisotopic (exact) mass is 313 g/mol. The number of halogens is 3. The first-order valence-corrected chi connectivity index (χ1v) is 7.19. The van der Waals surface area contributed by atoms with Gasteiger partial charge in [-0.05, 0) is 41.9 Å². The van der Waals surface area contributed by atoms with Gasteiger partial charge in [-0.15, -0.1) is 0 Å². The van der Waals surface area contributed by atoms with E-state index in [1.165, 1.54) is 0 Å². The summed E-state index contributed by atoms with van der Waals surface area (Å²) in [5.41, 5.74) is 2.23. The lowest BCUT2D eigenvalue weighted by Crippen LogP contribution is -2.21. The Hall–Kier alpha value is -0.730. The van der Waals surface area contributed by atoms with Crippen molar-refractivity contribution in [2.24, 2.45) is 0 Å². The lowest BCUT2D eigenvalue weighted by atomic mass is 9.99. The van der Waals surface area contributed by atoms with Gasteiger partial charge in [-0.2, -0.15) is 0 Å². The van der Waals surface area contributed by atoms with Crippen LogP contribution in [0.2, 0.25) is 15.1 Å². The third-order valence-corrected chi connectivity index (χ3v) is 3.88. The van der Waals surface area contributed by atoms with Gasteiger partial charge in [0.1, 0.15) is 0 Å². The highest BCUT2D eigenvalue weighted by Gasteiger charge is 2.14. The normalized spacial score (nSPS) is 12.4. The molecule has 19 heavy (non-hydrogen) atoms. The number of rotatable bonds is 4. The third kappa shape index (κ3) is 3.64. The molecule has 0 aliphatic carbocycles. The summed E-state index contributed by atoms with van der Waals surface area (Å²) in [7, 11) is 0. The van der Waals surface area contributed by atoms with Crippen molar-refractivity contribution in [3.05, 3.63) is 68.7 Å². The van der Waals surface area contributed by atoms with E-state index in [1.54, 1.807) is 0 Å². The topological polar surface area (TPSA) is 12.0 Å². The fraction of sp³-hybridized carbons (Fsp3) is 0.200. The van der Waals surface area contributed by atoms with E-state index in [0.29, 0.717) is 10.0 Å². The molecule has 0 bridgehead atoms. The van der Waals surface area contributed by atoms with E-state index in [0.717, 1.165) is 22.7 Å². The molecule has 2 aromatic carbocycles. The van der Waals surface area contributed by atoms with Gasteiger partial charge in [-0.3, -0.25) is 0 Å². The van der Waals surface area contributed by atoms with Crippen LogP contribution in [0.4, 0.5) is 0 Å². The third-order valence-electron chi connectivity index (χ3n) is 2.89. The predicted molar refractivity (Wildman–Crippen MR) is 83.4 cm³/mol. The Bertz CT molecular complexity index is 552. The van der Waals surface area contributed by atoms with E-state index >= 15 is 0 Å². The summed E-state index contributed by atoms with van der Waals surface area (Å²) in [5.74, 6) is 0. The van der Waals surface area contributed by atoms with Crippen LogP contribution in [0.3, 0.4) is 0 Å². The lowest BCUT2D eigenvalue weighted by molar-refractivity contribution is 0.631. The van der Waals surface area contributed by atoms with Crippen LogP contribution >= 0.6 is 34.8 Å². The Morgan fingerprint density at radius 1 is 0.895 bits per heavy atom. The van der Waals surface area contributed by atoms with Crippen LogP contribution in [0.15, 0.2) is 42.5 Å². The van der Waals surface area contributed by atoms with E-state index in [2.05, 4.69) is 12.2 Å². The molecule has 0 aliphatic rings. The summed E-state index contributed by atoms with van der Waals surface area (Å²) < 4.78 is 0. The summed E-state index contributed by atoms with van der Waals surface area (Å²) in [6, 6.07) is 13.6. The van der Waals surface area contributed by atoms with E-state index in [-0.39, 0.29) is 6.04 Å². The fourth-order valence-electron chi connectivity index (χ4n) is 1.98. The van der Waals surface area contributed by atoms with E-state index in [1.807, 2.05) is 42.5 Å². The van der Waals surface area contributed by atoms with Crippen LogP contribution in [0, 0.1) is 0 Å². The first kappa shape index (κ1) is 14.7. The zero-order valence-corrected chi connectivity index (χ0v) is 12.7. The maximum absolute atomic E-state index is 6.09. The van der Waals surface area contributed by atoms with Gasteiger partial charge in [0.05, 0.1) is 16.1 Å². The molecule has 100 valence electrons. The number of hydrogen-bond acceptors (Lipinski definition) is 1. The molecular formula is C15H14Cl3N. The summed E-state index contributed by atoms with van der Waals surface area (Å²) in [6.45, 7) is 2.92. The van der Waals surface area contributed by atoms with Gasteiger partial charge in [0, 0.05) is 5.02 Å². The van der Waals surface area contributed by atoms with Gasteiger partial charge >= 0.3 is 0 Å². The average molecular weight is 315 g/mol. The van der Waals surface area contributed by atoms with Crippen LogP contribution in [0.25, 0.3) is 0 Å². The quantitative estimate of drug-likeness (QED) is 0.802. The standard InChI is InChI=1S/C15H14Cl3N/c1-2-19-15(10-3-6-12(16)7-4-10)11-5-8-13(17)14(18)9-11/h3-9,15,19H,2H2,1H3. The van der Waals surface area contributed by atoms with Crippen LogP contribution in [-0.4, -0.2) is 6.54 Å². The molecule has 0 aliphatic heterocycles. The van der Waals surface area contributed by atoms with Crippen molar-refractivity contribution in [1.29, 1.82) is 0 Å². The van der Waals surface area contributed by atoms with E-state index in [9.17, 15) is 0 Å². The largest absolute Gasteiger partial charge is 0.307 e. The molecule has 1 atom stereocenters. The zero-order chi connectivity index (χ0) is 13.8. The Morgan fingerprint density at radius 2 is 1.53 bits per heavy atom. The molecule has 0 saturated heterocycles. The molecule has 2 rings (SSSR count). The van der Waals surface area contributed by atoms with Crippen LogP contribution in [-0.2, 0) is 0 Å². The molecule has 0 heterocycles. The van der Waals surface area contributed by atoms with Gasteiger partial charge in [0.15, 0.2) is 0 Å². The minimum Gasteiger partial charge on any atom is -0.307 e.